The van der Waals surface area contributed by atoms with Crippen molar-refractivity contribution in [1.29, 1.82) is 0 Å². The Labute approximate surface area is 133 Å². The molecule has 4 heteroatoms. The van der Waals surface area contributed by atoms with Crippen molar-refractivity contribution < 1.29 is 9.90 Å². The standard InChI is InChI=1S/C18H28N2O2/c1-13-9-14(2)11-20(10-13)12-15(3)19-18(22)17(21)16-7-5-4-6-8-16/h4-8,13-15,17,21H,9-12H2,1-3H3,(H,19,22)/t13-,14+,15-,17+/m1/s1. The summed E-state index contributed by atoms with van der Waals surface area (Å²) in [6, 6.07) is 9.09. The van der Waals surface area contributed by atoms with Crippen molar-refractivity contribution in [3.8, 4) is 0 Å². The van der Waals surface area contributed by atoms with E-state index in [1.807, 2.05) is 25.1 Å². The number of benzene rings is 1. The van der Waals surface area contributed by atoms with Crippen LogP contribution in [-0.2, 0) is 4.79 Å². The Balaban J connectivity index is 1.83. The molecule has 1 saturated heterocycles. The van der Waals surface area contributed by atoms with E-state index in [1.165, 1.54) is 6.42 Å². The third-order valence-electron chi connectivity index (χ3n) is 4.23. The van der Waals surface area contributed by atoms with Gasteiger partial charge >= 0.3 is 0 Å². The molecule has 0 aromatic heterocycles. The number of nitrogens with zero attached hydrogens (tertiary/aromatic N) is 1. The molecular weight excluding hydrogens is 276 g/mol. The Morgan fingerprint density at radius 2 is 1.86 bits per heavy atom. The van der Waals surface area contributed by atoms with Crippen molar-refractivity contribution in [2.45, 2.75) is 39.3 Å². The summed E-state index contributed by atoms with van der Waals surface area (Å²) in [6.45, 7) is 9.58. The Kier molecular flexibility index (Phi) is 5.98. The van der Waals surface area contributed by atoms with Gasteiger partial charge in [-0.05, 0) is 30.7 Å². The number of carbonyl (C=O) groups is 1. The zero-order chi connectivity index (χ0) is 16.1. The third-order valence-corrected chi connectivity index (χ3v) is 4.23. The number of hydrogen-bond donors (Lipinski definition) is 2. The first-order chi connectivity index (χ1) is 10.5. The maximum Gasteiger partial charge on any atom is 0.253 e. The number of aliphatic hydroxyl groups is 1. The molecule has 1 amide bonds. The van der Waals surface area contributed by atoms with Crippen molar-refractivity contribution >= 4 is 5.91 Å². The molecule has 0 bridgehead atoms. The van der Waals surface area contributed by atoms with Crippen LogP contribution in [0.3, 0.4) is 0 Å². The second-order valence-electron chi connectivity index (χ2n) is 6.89. The van der Waals surface area contributed by atoms with Gasteiger partial charge in [-0.3, -0.25) is 4.79 Å². The van der Waals surface area contributed by atoms with Gasteiger partial charge in [-0.2, -0.15) is 0 Å². The Hall–Kier alpha value is -1.39. The van der Waals surface area contributed by atoms with Crippen LogP contribution in [0, 0.1) is 11.8 Å². The van der Waals surface area contributed by atoms with Crippen LogP contribution >= 0.6 is 0 Å². The van der Waals surface area contributed by atoms with Gasteiger partial charge in [0.25, 0.3) is 5.91 Å². The van der Waals surface area contributed by atoms with Gasteiger partial charge in [0, 0.05) is 25.7 Å². The molecule has 2 rings (SSSR count). The lowest BCUT2D eigenvalue weighted by molar-refractivity contribution is -0.130. The topological polar surface area (TPSA) is 52.6 Å². The van der Waals surface area contributed by atoms with E-state index in [4.69, 9.17) is 0 Å². The largest absolute Gasteiger partial charge is 0.378 e. The van der Waals surface area contributed by atoms with E-state index < -0.39 is 6.10 Å². The lowest BCUT2D eigenvalue weighted by Gasteiger charge is -2.36. The quantitative estimate of drug-likeness (QED) is 0.877. The Bertz CT molecular complexity index is 467. The number of aliphatic hydroxyl groups excluding tert-OH is 1. The van der Waals surface area contributed by atoms with E-state index in [-0.39, 0.29) is 11.9 Å². The molecule has 4 atom stereocenters. The number of nitrogens with one attached hydrogen (secondary N) is 1. The number of carbonyl (C=O) groups excluding carboxylic acids is 1. The first kappa shape index (κ1) is 17.0. The molecule has 1 aliphatic heterocycles. The second-order valence-corrected chi connectivity index (χ2v) is 6.89. The smallest absolute Gasteiger partial charge is 0.253 e. The predicted molar refractivity (Wildman–Crippen MR) is 88.4 cm³/mol. The molecular formula is C18H28N2O2. The number of amides is 1. The molecule has 0 spiro atoms. The normalized spacial score (nSPS) is 25.5. The van der Waals surface area contributed by atoms with Gasteiger partial charge in [-0.15, -0.1) is 0 Å². The Morgan fingerprint density at radius 1 is 1.27 bits per heavy atom. The fourth-order valence-corrected chi connectivity index (χ4v) is 3.48. The zero-order valence-corrected chi connectivity index (χ0v) is 13.8. The average Bonchev–Trinajstić information content (AvgIpc) is 2.46. The molecule has 1 aliphatic rings. The zero-order valence-electron chi connectivity index (χ0n) is 13.8. The predicted octanol–water partition coefficient (Wildman–Crippen LogP) is 2.20. The van der Waals surface area contributed by atoms with Gasteiger partial charge in [0.1, 0.15) is 0 Å². The van der Waals surface area contributed by atoms with Crippen molar-refractivity contribution in [3.63, 3.8) is 0 Å². The van der Waals surface area contributed by atoms with Crippen LogP contribution < -0.4 is 5.32 Å². The minimum absolute atomic E-state index is 0.0309. The monoisotopic (exact) mass is 304 g/mol. The first-order valence-corrected chi connectivity index (χ1v) is 8.21. The van der Waals surface area contributed by atoms with Crippen LogP contribution in [0.5, 0.6) is 0 Å². The summed E-state index contributed by atoms with van der Waals surface area (Å²) in [6.07, 6.45) is 0.187. The van der Waals surface area contributed by atoms with Crippen LogP contribution in [-0.4, -0.2) is 41.6 Å². The summed E-state index contributed by atoms with van der Waals surface area (Å²) < 4.78 is 0. The third kappa shape index (κ3) is 4.82. The van der Waals surface area contributed by atoms with Crippen molar-refractivity contribution in [1.82, 2.24) is 10.2 Å². The van der Waals surface area contributed by atoms with Crippen LogP contribution in [0.1, 0.15) is 38.9 Å². The molecule has 0 saturated carbocycles. The summed E-state index contributed by atoms with van der Waals surface area (Å²) in [4.78, 5) is 14.6. The molecule has 1 aromatic carbocycles. The van der Waals surface area contributed by atoms with E-state index >= 15 is 0 Å². The summed E-state index contributed by atoms with van der Waals surface area (Å²) in [7, 11) is 0. The average molecular weight is 304 g/mol. The molecule has 0 unspecified atom stereocenters. The van der Waals surface area contributed by atoms with Crippen molar-refractivity contribution in [2.24, 2.45) is 11.8 Å². The Morgan fingerprint density at radius 3 is 2.45 bits per heavy atom. The van der Waals surface area contributed by atoms with Gasteiger partial charge in [-0.1, -0.05) is 44.2 Å². The highest BCUT2D eigenvalue weighted by atomic mass is 16.3. The lowest BCUT2D eigenvalue weighted by Crippen LogP contribution is -2.47. The van der Waals surface area contributed by atoms with Crippen LogP contribution in [0.25, 0.3) is 0 Å². The molecule has 22 heavy (non-hydrogen) atoms. The lowest BCUT2D eigenvalue weighted by atomic mass is 9.92. The van der Waals surface area contributed by atoms with Gasteiger partial charge in [0.2, 0.25) is 0 Å². The van der Waals surface area contributed by atoms with E-state index in [0.29, 0.717) is 17.4 Å². The van der Waals surface area contributed by atoms with Crippen molar-refractivity contribution in [3.05, 3.63) is 35.9 Å². The minimum atomic E-state index is -1.09. The summed E-state index contributed by atoms with van der Waals surface area (Å²) in [5, 5.41) is 13.0. The van der Waals surface area contributed by atoms with Gasteiger partial charge in [-0.25, -0.2) is 0 Å². The SMILES string of the molecule is C[C@@H]1C[C@H](C)CN(C[C@@H](C)NC(=O)[C@@H](O)c2ccccc2)C1. The van der Waals surface area contributed by atoms with E-state index in [9.17, 15) is 9.90 Å². The second kappa shape index (κ2) is 7.75. The molecule has 1 heterocycles. The maximum absolute atomic E-state index is 12.1. The van der Waals surface area contributed by atoms with Crippen LogP contribution in [0.15, 0.2) is 30.3 Å². The summed E-state index contributed by atoms with van der Waals surface area (Å²) in [5.41, 5.74) is 0.632. The maximum atomic E-state index is 12.1. The molecule has 1 aromatic rings. The molecule has 2 N–H and O–H groups in total. The van der Waals surface area contributed by atoms with Gasteiger partial charge in [0.15, 0.2) is 6.10 Å². The van der Waals surface area contributed by atoms with Gasteiger partial charge in [0.05, 0.1) is 0 Å². The highest BCUT2D eigenvalue weighted by Gasteiger charge is 2.24. The van der Waals surface area contributed by atoms with Gasteiger partial charge < -0.3 is 15.3 Å². The van der Waals surface area contributed by atoms with Crippen LogP contribution in [0.2, 0.25) is 0 Å². The highest BCUT2D eigenvalue weighted by Crippen LogP contribution is 2.21. The van der Waals surface area contributed by atoms with Crippen molar-refractivity contribution in [2.75, 3.05) is 19.6 Å². The van der Waals surface area contributed by atoms with E-state index in [1.54, 1.807) is 12.1 Å². The van der Waals surface area contributed by atoms with E-state index in [2.05, 4.69) is 24.1 Å². The number of likely N-dealkylation sites (tertiary alicyclic amines) is 1. The summed E-state index contributed by atoms with van der Waals surface area (Å²) >= 11 is 0. The fraction of sp³-hybridized carbons (Fsp3) is 0.611. The molecule has 4 nitrogen and oxygen atoms in total. The first-order valence-electron chi connectivity index (χ1n) is 8.21. The van der Waals surface area contributed by atoms with E-state index in [0.717, 1.165) is 19.6 Å². The molecule has 0 aliphatic carbocycles. The minimum Gasteiger partial charge on any atom is -0.378 e. The van der Waals surface area contributed by atoms with Crippen LogP contribution in [0.4, 0.5) is 0 Å². The number of piperidine rings is 1. The summed E-state index contributed by atoms with van der Waals surface area (Å²) in [5.74, 6) is 1.10. The molecule has 122 valence electrons. The molecule has 1 fully saturated rings. The fourth-order valence-electron chi connectivity index (χ4n) is 3.48. The number of rotatable bonds is 5. The number of hydrogen-bond acceptors (Lipinski definition) is 3. The molecule has 0 radical (unpaired) electrons. The highest BCUT2D eigenvalue weighted by molar-refractivity contribution is 5.82.